The van der Waals surface area contributed by atoms with Gasteiger partial charge in [-0.3, -0.25) is 4.98 Å². The highest BCUT2D eigenvalue weighted by Gasteiger charge is 2.18. The van der Waals surface area contributed by atoms with Gasteiger partial charge in [-0.15, -0.1) is 0 Å². The normalized spacial score (nSPS) is 11.5. The Morgan fingerprint density at radius 3 is 1.49 bits per heavy atom. The summed E-state index contributed by atoms with van der Waals surface area (Å²) in [6.07, 6.45) is 3.88. The minimum atomic E-state index is 1.14. The van der Waals surface area contributed by atoms with E-state index in [1.165, 1.54) is 70.9 Å². The third-order valence-corrected chi connectivity index (χ3v) is 8.31. The zero-order valence-corrected chi connectivity index (χ0v) is 22.8. The summed E-state index contributed by atoms with van der Waals surface area (Å²) in [6.45, 7) is 2.10. The van der Waals surface area contributed by atoms with E-state index in [1.54, 1.807) is 0 Å². The van der Waals surface area contributed by atoms with E-state index in [9.17, 15) is 0 Å². The SMILES string of the molecule is Cc1cncc(-c2ccc3c(-c4ccc5ccccc5c4)c4ccccc4c(-c4ccc5ccccc5c4)c3c2)c1. The molecule has 0 aliphatic rings. The minimum absolute atomic E-state index is 1.14. The Hall–Kier alpha value is -5.27. The van der Waals surface area contributed by atoms with Gasteiger partial charge in [0.1, 0.15) is 0 Å². The lowest BCUT2D eigenvalue weighted by atomic mass is 9.84. The van der Waals surface area contributed by atoms with Crippen LogP contribution < -0.4 is 0 Å². The lowest BCUT2D eigenvalue weighted by Crippen LogP contribution is -1.92. The molecule has 1 nitrogen and oxygen atoms in total. The Morgan fingerprint density at radius 2 is 0.878 bits per heavy atom. The summed E-state index contributed by atoms with van der Waals surface area (Å²) in [5, 5.41) is 10.0. The van der Waals surface area contributed by atoms with Crippen molar-refractivity contribution in [2.45, 2.75) is 6.92 Å². The van der Waals surface area contributed by atoms with Gasteiger partial charge in [0, 0.05) is 18.0 Å². The molecule has 8 rings (SSSR count). The van der Waals surface area contributed by atoms with Gasteiger partial charge in [0.2, 0.25) is 0 Å². The highest BCUT2D eigenvalue weighted by atomic mass is 14.6. The van der Waals surface area contributed by atoms with Crippen LogP contribution in [0.1, 0.15) is 5.56 Å². The highest BCUT2D eigenvalue weighted by Crippen LogP contribution is 2.45. The molecule has 0 saturated carbocycles. The van der Waals surface area contributed by atoms with Crippen LogP contribution in [0.2, 0.25) is 0 Å². The number of aryl methyl sites for hydroxylation is 1. The molecule has 0 spiro atoms. The zero-order valence-electron chi connectivity index (χ0n) is 22.8. The fourth-order valence-corrected chi connectivity index (χ4v) is 6.38. The molecule has 1 aromatic heterocycles. The molecule has 192 valence electrons. The first-order chi connectivity index (χ1) is 20.2. The molecule has 0 aliphatic heterocycles. The molecule has 0 N–H and O–H groups in total. The van der Waals surface area contributed by atoms with Gasteiger partial charge in [-0.2, -0.15) is 0 Å². The molecule has 0 bridgehead atoms. The summed E-state index contributed by atoms with van der Waals surface area (Å²) >= 11 is 0. The molecule has 0 saturated heterocycles. The van der Waals surface area contributed by atoms with Crippen LogP contribution in [0.15, 0.2) is 146 Å². The molecule has 0 atom stereocenters. The zero-order chi connectivity index (χ0) is 27.3. The van der Waals surface area contributed by atoms with E-state index in [0.29, 0.717) is 0 Å². The van der Waals surface area contributed by atoms with E-state index < -0.39 is 0 Å². The number of hydrogen-bond acceptors (Lipinski definition) is 1. The lowest BCUT2D eigenvalue weighted by molar-refractivity contribution is 1.27. The second-order valence-electron chi connectivity index (χ2n) is 10.9. The maximum absolute atomic E-state index is 4.50. The molecule has 0 amide bonds. The van der Waals surface area contributed by atoms with E-state index in [2.05, 4.69) is 145 Å². The predicted octanol–water partition coefficient (Wildman–Crippen LogP) is 11.0. The van der Waals surface area contributed by atoms with Crippen molar-refractivity contribution >= 4 is 43.1 Å². The topological polar surface area (TPSA) is 12.9 Å². The van der Waals surface area contributed by atoms with Gasteiger partial charge >= 0.3 is 0 Å². The van der Waals surface area contributed by atoms with Crippen LogP contribution in [-0.4, -0.2) is 4.98 Å². The average Bonchev–Trinajstić information content (AvgIpc) is 3.03. The van der Waals surface area contributed by atoms with Crippen molar-refractivity contribution in [2.24, 2.45) is 0 Å². The number of fused-ring (bicyclic) bond motifs is 4. The van der Waals surface area contributed by atoms with E-state index in [-0.39, 0.29) is 0 Å². The van der Waals surface area contributed by atoms with E-state index in [4.69, 9.17) is 0 Å². The van der Waals surface area contributed by atoms with Crippen molar-refractivity contribution in [2.75, 3.05) is 0 Å². The third kappa shape index (κ3) is 3.98. The van der Waals surface area contributed by atoms with Gasteiger partial charge < -0.3 is 0 Å². The van der Waals surface area contributed by atoms with Crippen molar-refractivity contribution in [3.63, 3.8) is 0 Å². The molecule has 1 heterocycles. The first-order valence-electron chi connectivity index (χ1n) is 14.1. The summed E-state index contributed by atoms with van der Waals surface area (Å²) in [7, 11) is 0. The second-order valence-corrected chi connectivity index (χ2v) is 10.9. The summed E-state index contributed by atoms with van der Waals surface area (Å²) in [4.78, 5) is 4.50. The Balaban J connectivity index is 1.51. The fourth-order valence-electron chi connectivity index (χ4n) is 6.38. The van der Waals surface area contributed by atoms with Crippen LogP contribution in [0.5, 0.6) is 0 Å². The van der Waals surface area contributed by atoms with Crippen LogP contribution in [0.25, 0.3) is 76.5 Å². The van der Waals surface area contributed by atoms with Crippen LogP contribution >= 0.6 is 0 Å². The van der Waals surface area contributed by atoms with Crippen molar-refractivity contribution < 1.29 is 0 Å². The maximum atomic E-state index is 4.50. The van der Waals surface area contributed by atoms with Crippen LogP contribution in [0, 0.1) is 6.92 Å². The van der Waals surface area contributed by atoms with Crippen LogP contribution in [0.3, 0.4) is 0 Å². The first-order valence-corrected chi connectivity index (χ1v) is 14.1. The number of hydrogen-bond donors (Lipinski definition) is 0. The molecule has 41 heavy (non-hydrogen) atoms. The monoisotopic (exact) mass is 521 g/mol. The minimum Gasteiger partial charge on any atom is -0.264 e. The second kappa shape index (κ2) is 9.43. The van der Waals surface area contributed by atoms with Crippen molar-refractivity contribution in [1.82, 2.24) is 4.98 Å². The number of benzene rings is 7. The van der Waals surface area contributed by atoms with Crippen molar-refractivity contribution in [3.05, 3.63) is 151 Å². The predicted molar refractivity (Wildman–Crippen MR) is 175 cm³/mol. The molecule has 0 fully saturated rings. The number of aromatic nitrogens is 1. The van der Waals surface area contributed by atoms with Crippen LogP contribution in [0.4, 0.5) is 0 Å². The summed E-state index contributed by atoms with van der Waals surface area (Å²) < 4.78 is 0. The van der Waals surface area contributed by atoms with E-state index >= 15 is 0 Å². The number of nitrogens with zero attached hydrogens (tertiary/aromatic N) is 1. The summed E-state index contributed by atoms with van der Waals surface area (Å²) in [5.41, 5.74) is 8.49. The third-order valence-electron chi connectivity index (χ3n) is 8.31. The molecule has 0 radical (unpaired) electrons. The molecule has 8 aromatic rings. The number of rotatable bonds is 3. The largest absolute Gasteiger partial charge is 0.264 e. The van der Waals surface area contributed by atoms with Gasteiger partial charge in [-0.25, -0.2) is 0 Å². The van der Waals surface area contributed by atoms with Crippen LogP contribution in [-0.2, 0) is 0 Å². The maximum Gasteiger partial charge on any atom is 0.0346 e. The van der Waals surface area contributed by atoms with Gasteiger partial charge in [0.25, 0.3) is 0 Å². The Labute approximate surface area is 239 Å². The van der Waals surface area contributed by atoms with Crippen molar-refractivity contribution in [1.29, 1.82) is 0 Å². The van der Waals surface area contributed by atoms with Gasteiger partial charge in [-0.1, -0.05) is 109 Å². The summed E-state index contributed by atoms with van der Waals surface area (Å²) in [5.74, 6) is 0. The van der Waals surface area contributed by atoms with Crippen molar-refractivity contribution in [3.8, 4) is 33.4 Å². The summed E-state index contributed by atoms with van der Waals surface area (Å²) in [6, 6.07) is 49.0. The average molecular weight is 522 g/mol. The van der Waals surface area contributed by atoms with Gasteiger partial charge in [0.15, 0.2) is 0 Å². The highest BCUT2D eigenvalue weighted by molar-refractivity contribution is 6.22. The van der Waals surface area contributed by atoms with E-state index in [0.717, 1.165) is 11.1 Å². The Kier molecular flexibility index (Phi) is 5.43. The van der Waals surface area contributed by atoms with Gasteiger partial charge in [-0.05, 0) is 108 Å². The lowest BCUT2D eigenvalue weighted by Gasteiger charge is -2.19. The molecule has 1 heteroatoms. The van der Waals surface area contributed by atoms with Gasteiger partial charge in [0.05, 0.1) is 0 Å². The molecule has 0 unspecified atom stereocenters. The standard InChI is InChI=1S/C40H27N/c1-26-20-34(25-41-24-26)31-18-19-37-38(23-31)40(33-17-15-28-9-3-5-11-30(28)22-33)36-13-7-6-12-35(36)39(37)32-16-14-27-8-2-4-10-29(27)21-32/h2-25H,1H3. The quantitative estimate of drug-likeness (QED) is 0.211. The molecular weight excluding hydrogens is 494 g/mol. The molecular formula is C40H27N. The Morgan fingerprint density at radius 1 is 0.366 bits per heavy atom. The first kappa shape index (κ1) is 23.6. The smallest absolute Gasteiger partial charge is 0.0346 e. The van der Waals surface area contributed by atoms with E-state index in [1.807, 2.05) is 12.4 Å². The fraction of sp³-hybridized carbons (Fsp3) is 0.0250. The Bertz CT molecular complexity index is 2270. The number of pyridine rings is 1. The molecule has 7 aromatic carbocycles. The molecule has 0 aliphatic carbocycles.